The number of pyridine rings is 1. The molecule has 0 atom stereocenters. The van der Waals surface area contributed by atoms with E-state index in [9.17, 15) is 0 Å². The lowest BCUT2D eigenvalue weighted by Crippen LogP contribution is -2.19. The number of hydrogen-bond acceptors (Lipinski definition) is 2. The van der Waals surface area contributed by atoms with Crippen molar-refractivity contribution in [2.45, 2.75) is 38.5 Å². The summed E-state index contributed by atoms with van der Waals surface area (Å²) in [5.41, 5.74) is 14.3. The molecule has 1 heterocycles. The van der Waals surface area contributed by atoms with Crippen molar-refractivity contribution >= 4 is 61.9 Å². The van der Waals surface area contributed by atoms with E-state index in [1.54, 1.807) is 0 Å². The quantitative estimate of drug-likeness (QED) is 0.176. The van der Waals surface area contributed by atoms with Crippen molar-refractivity contribution in [3.05, 3.63) is 179 Å². The molecule has 1 aromatic heterocycles. The van der Waals surface area contributed by atoms with E-state index in [2.05, 4.69) is 177 Å². The molecule has 2 aliphatic carbocycles. The van der Waals surface area contributed by atoms with E-state index in [-0.39, 0.29) is 10.8 Å². The van der Waals surface area contributed by atoms with Crippen LogP contribution >= 0.6 is 0 Å². The van der Waals surface area contributed by atoms with Crippen LogP contribution in [0, 0.1) is 0 Å². The van der Waals surface area contributed by atoms with Crippen molar-refractivity contribution in [1.29, 1.82) is 0 Å². The monoisotopic (exact) mass is 630 g/mol. The van der Waals surface area contributed by atoms with Crippen LogP contribution in [-0.2, 0) is 10.8 Å². The largest absolute Gasteiger partial charge is 0.308 e. The third-order valence-corrected chi connectivity index (χ3v) is 10.9. The van der Waals surface area contributed by atoms with Crippen molar-refractivity contribution in [3.8, 4) is 0 Å². The number of fused-ring (bicyclic) bond motifs is 6. The van der Waals surface area contributed by atoms with Gasteiger partial charge in [-0.05, 0) is 91.0 Å². The lowest BCUT2D eigenvalue weighted by atomic mass is 9.75. The SMILES string of the molecule is CC1(C)C2=C(c3ccccc31)C(C)(C)c1cc(/C=C/c3ccc(N(c4cccnc4)c4ccc5ccccc5c4)c4ccccc34)ccc12. The Kier molecular flexibility index (Phi) is 6.54. The van der Waals surface area contributed by atoms with Crippen molar-refractivity contribution in [1.82, 2.24) is 4.98 Å². The predicted octanol–water partition coefficient (Wildman–Crippen LogP) is 12.5. The summed E-state index contributed by atoms with van der Waals surface area (Å²) in [6, 6.07) is 48.7. The van der Waals surface area contributed by atoms with Crippen LogP contribution in [0.5, 0.6) is 0 Å². The molecule has 7 aromatic rings. The number of nitrogens with zero attached hydrogens (tertiary/aromatic N) is 2. The highest BCUT2D eigenvalue weighted by atomic mass is 15.1. The van der Waals surface area contributed by atoms with Crippen molar-refractivity contribution in [3.63, 3.8) is 0 Å². The fourth-order valence-electron chi connectivity index (χ4n) is 8.55. The van der Waals surface area contributed by atoms with Gasteiger partial charge in [0.1, 0.15) is 0 Å². The fraction of sp³-hybridized carbons (Fsp3) is 0.128. The zero-order valence-electron chi connectivity index (χ0n) is 28.4. The van der Waals surface area contributed by atoms with Crippen LogP contribution < -0.4 is 4.90 Å². The molecule has 0 N–H and O–H groups in total. The van der Waals surface area contributed by atoms with Gasteiger partial charge in [0.2, 0.25) is 0 Å². The molecule has 9 rings (SSSR count). The molecule has 0 amide bonds. The summed E-state index contributed by atoms with van der Waals surface area (Å²) in [5, 5.41) is 4.85. The van der Waals surface area contributed by atoms with E-state index in [0.717, 1.165) is 17.1 Å². The van der Waals surface area contributed by atoms with E-state index in [1.807, 2.05) is 18.5 Å². The first-order valence-electron chi connectivity index (χ1n) is 17.2. The summed E-state index contributed by atoms with van der Waals surface area (Å²) >= 11 is 0. The Morgan fingerprint density at radius 1 is 0.531 bits per heavy atom. The first-order chi connectivity index (χ1) is 23.8. The maximum Gasteiger partial charge on any atom is 0.0645 e. The van der Waals surface area contributed by atoms with E-state index in [0.29, 0.717) is 0 Å². The Morgan fingerprint density at radius 3 is 2.06 bits per heavy atom. The summed E-state index contributed by atoms with van der Waals surface area (Å²) in [5.74, 6) is 0. The van der Waals surface area contributed by atoms with Crippen LogP contribution in [0.2, 0.25) is 0 Å². The zero-order chi connectivity index (χ0) is 33.3. The lowest BCUT2D eigenvalue weighted by molar-refractivity contribution is 0.694. The van der Waals surface area contributed by atoms with Gasteiger partial charge >= 0.3 is 0 Å². The molecule has 2 aliphatic rings. The molecule has 0 fully saturated rings. The average Bonchev–Trinajstić information content (AvgIpc) is 3.53. The standard InChI is InChI=1S/C47H38N2/c1-46(2)41-18-10-9-17-39(41)44-45(46)40-25-20-31(28-42(40)47(44,3)4)19-21-33-23-26-43(38-16-8-7-15-37(33)38)49(36-14-11-27-48-30-36)35-24-22-32-12-5-6-13-34(32)29-35/h5-30H,1-4H3/b21-19+. The van der Waals surface area contributed by atoms with Gasteiger partial charge < -0.3 is 4.90 Å². The Morgan fingerprint density at radius 2 is 1.24 bits per heavy atom. The highest BCUT2D eigenvalue weighted by Gasteiger charge is 2.49. The summed E-state index contributed by atoms with van der Waals surface area (Å²) in [4.78, 5) is 6.82. The molecule has 0 aliphatic heterocycles. The van der Waals surface area contributed by atoms with Crippen LogP contribution in [0.4, 0.5) is 17.1 Å². The van der Waals surface area contributed by atoms with Gasteiger partial charge in [-0.2, -0.15) is 0 Å². The molecule has 0 radical (unpaired) electrons. The molecule has 6 aromatic carbocycles. The first kappa shape index (κ1) is 29.4. The van der Waals surface area contributed by atoms with Gasteiger partial charge in [0.05, 0.1) is 17.6 Å². The average molecular weight is 631 g/mol. The van der Waals surface area contributed by atoms with Crippen LogP contribution in [0.15, 0.2) is 146 Å². The minimum absolute atomic E-state index is 0.0109. The second kappa shape index (κ2) is 10.9. The Hall–Kier alpha value is -5.73. The first-order valence-corrected chi connectivity index (χ1v) is 17.2. The maximum absolute atomic E-state index is 4.50. The van der Waals surface area contributed by atoms with Crippen LogP contribution in [0.3, 0.4) is 0 Å². The number of benzene rings is 6. The molecular weight excluding hydrogens is 593 g/mol. The third kappa shape index (κ3) is 4.51. The van der Waals surface area contributed by atoms with E-state index in [4.69, 9.17) is 0 Å². The summed E-state index contributed by atoms with van der Waals surface area (Å²) in [7, 11) is 0. The fourth-order valence-corrected chi connectivity index (χ4v) is 8.55. The highest BCUT2D eigenvalue weighted by Crippen LogP contribution is 2.62. The minimum Gasteiger partial charge on any atom is -0.308 e. The van der Waals surface area contributed by atoms with Gasteiger partial charge in [0, 0.05) is 28.1 Å². The maximum atomic E-state index is 4.50. The molecule has 0 saturated carbocycles. The van der Waals surface area contributed by atoms with Crippen molar-refractivity contribution in [2.75, 3.05) is 4.90 Å². The molecule has 0 unspecified atom stereocenters. The molecule has 0 bridgehead atoms. The van der Waals surface area contributed by atoms with Gasteiger partial charge in [-0.3, -0.25) is 4.98 Å². The molecular formula is C47H38N2. The number of hydrogen-bond donors (Lipinski definition) is 0. The number of anilines is 3. The summed E-state index contributed by atoms with van der Waals surface area (Å²) < 4.78 is 0. The molecule has 2 heteroatoms. The van der Waals surface area contributed by atoms with Gasteiger partial charge in [0.15, 0.2) is 0 Å². The minimum atomic E-state index is -0.0642. The zero-order valence-corrected chi connectivity index (χ0v) is 28.4. The highest BCUT2D eigenvalue weighted by molar-refractivity contribution is 6.10. The molecule has 236 valence electrons. The number of rotatable bonds is 5. The second-order valence-electron chi connectivity index (χ2n) is 14.5. The van der Waals surface area contributed by atoms with Crippen LogP contribution in [0.25, 0.3) is 44.8 Å². The smallest absolute Gasteiger partial charge is 0.0645 e. The van der Waals surface area contributed by atoms with E-state index < -0.39 is 0 Å². The normalized spacial score (nSPS) is 15.5. The van der Waals surface area contributed by atoms with Crippen LogP contribution in [-0.4, -0.2) is 4.98 Å². The molecule has 2 nitrogen and oxygen atoms in total. The van der Waals surface area contributed by atoms with Crippen LogP contribution in [0.1, 0.15) is 61.1 Å². The van der Waals surface area contributed by atoms with E-state index >= 15 is 0 Å². The van der Waals surface area contributed by atoms with Crippen molar-refractivity contribution in [2.24, 2.45) is 0 Å². The third-order valence-electron chi connectivity index (χ3n) is 10.9. The second-order valence-corrected chi connectivity index (χ2v) is 14.5. The Bertz CT molecular complexity index is 2500. The predicted molar refractivity (Wildman–Crippen MR) is 209 cm³/mol. The van der Waals surface area contributed by atoms with E-state index in [1.165, 1.54) is 66.1 Å². The summed E-state index contributed by atoms with van der Waals surface area (Å²) in [6.07, 6.45) is 8.33. The number of allylic oxidation sites excluding steroid dienone is 2. The lowest BCUT2D eigenvalue weighted by Gasteiger charge is -2.28. The summed E-state index contributed by atoms with van der Waals surface area (Å²) in [6.45, 7) is 9.57. The molecule has 0 spiro atoms. The van der Waals surface area contributed by atoms with Gasteiger partial charge in [-0.25, -0.2) is 0 Å². The van der Waals surface area contributed by atoms with Gasteiger partial charge in [-0.15, -0.1) is 0 Å². The molecule has 49 heavy (non-hydrogen) atoms. The van der Waals surface area contributed by atoms with Gasteiger partial charge in [-0.1, -0.05) is 143 Å². The number of aromatic nitrogens is 1. The van der Waals surface area contributed by atoms with Crippen molar-refractivity contribution < 1.29 is 0 Å². The molecule has 0 saturated heterocycles. The van der Waals surface area contributed by atoms with Gasteiger partial charge in [0.25, 0.3) is 0 Å². The Labute approximate surface area is 288 Å². The topological polar surface area (TPSA) is 16.1 Å². The Balaban J connectivity index is 1.11.